The van der Waals surface area contributed by atoms with E-state index in [-0.39, 0.29) is 17.3 Å². The average molecular weight is 285 g/mol. The molecule has 5 nitrogen and oxygen atoms in total. The Morgan fingerprint density at radius 2 is 2.00 bits per heavy atom. The molecule has 0 aliphatic heterocycles. The normalized spacial score (nSPS) is 15.7. The molecule has 3 rings (SSSR count). The first-order valence-electron chi connectivity index (χ1n) is 7.34. The zero-order valence-corrected chi connectivity index (χ0v) is 12.0. The molecule has 1 unspecified atom stereocenters. The van der Waals surface area contributed by atoms with Crippen LogP contribution in [0.5, 0.6) is 0 Å². The summed E-state index contributed by atoms with van der Waals surface area (Å²) in [5.74, 6) is 1.06. The lowest BCUT2D eigenvalue weighted by Gasteiger charge is -2.19. The van der Waals surface area contributed by atoms with Crippen LogP contribution in [0.3, 0.4) is 0 Å². The van der Waals surface area contributed by atoms with Crippen molar-refractivity contribution in [3.8, 4) is 0 Å². The van der Waals surface area contributed by atoms with E-state index in [1.54, 1.807) is 6.92 Å². The number of H-pyrrole nitrogens is 1. The van der Waals surface area contributed by atoms with Gasteiger partial charge in [0.25, 0.3) is 5.56 Å². The monoisotopic (exact) mass is 285 g/mol. The van der Waals surface area contributed by atoms with Crippen LogP contribution in [-0.4, -0.2) is 9.55 Å². The van der Waals surface area contributed by atoms with Gasteiger partial charge in [-0.2, -0.15) is 0 Å². The van der Waals surface area contributed by atoms with E-state index in [1.165, 1.54) is 29.0 Å². The van der Waals surface area contributed by atoms with Gasteiger partial charge in [-0.3, -0.25) is 14.3 Å². The van der Waals surface area contributed by atoms with E-state index in [0.29, 0.717) is 18.3 Å². The zero-order chi connectivity index (χ0) is 14.8. The van der Waals surface area contributed by atoms with Gasteiger partial charge in [0.2, 0.25) is 0 Å². The predicted octanol–water partition coefficient (Wildman–Crippen LogP) is 2.12. The maximum Gasteiger partial charge on any atom is 0.329 e. The smallest absolute Gasteiger partial charge is 0.329 e. The Kier molecular flexibility index (Phi) is 3.64. The predicted molar refractivity (Wildman–Crippen MR) is 82.5 cm³/mol. The van der Waals surface area contributed by atoms with Crippen LogP contribution in [0.2, 0.25) is 0 Å². The van der Waals surface area contributed by atoms with Gasteiger partial charge in [-0.15, -0.1) is 0 Å². The van der Waals surface area contributed by atoms with Gasteiger partial charge in [0.05, 0.1) is 6.04 Å². The Morgan fingerprint density at radius 1 is 1.29 bits per heavy atom. The molecule has 1 heterocycles. The SMILES string of the molecule is CCn1c(=O)cc(NC(c2ccccc2)C2CC2)[nH]c1=O. The molecule has 5 heteroatoms. The Balaban J connectivity index is 1.91. The molecule has 1 atom stereocenters. The first-order valence-corrected chi connectivity index (χ1v) is 7.34. The molecule has 1 saturated carbocycles. The molecule has 110 valence electrons. The van der Waals surface area contributed by atoms with Crippen LogP contribution in [0.1, 0.15) is 31.4 Å². The topological polar surface area (TPSA) is 66.9 Å². The number of aromatic amines is 1. The third-order valence-electron chi connectivity index (χ3n) is 3.90. The molecule has 1 aromatic heterocycles. The van der Waals surface area contributed by atoms with Crippen LogP contribution in [-0.2, 0) is 6.54 Å². The average Bonchev–Trinajstić information content (AvgIpc) is 3.30. The third kappa shape index (κ3) is 2.91. The van der Waals surface area contributed by atoms with Crippen LogP contribution >= 0.6 is 0 Å². The molecule has 0 bridgehead atoms. The quantitative estimate of drug-likeness (QED) is 0.884. The standard InChI is InChI=1S/C16H19N3O2/c1-2-19-14(20)10-13(18-16(19)21)17-15(12-8-9-12)11-6-4-3-5-7-11/h3-7,10,12,15,17H,2,8-9H2,1H3,(H,18,21). The van der Waals surface area contributed by atoms with E-state index < -0.39 is 0 Å². The number of benzene rings is 1. The number of hydrogen-bond acceptors (Lipinski definition) is 3. The van der Waals surface area contributed by atoms with Crippen LogP contribution in [0.15, 0.2) is 46.0 Å². The lowest BCUT2D eigenvalue weighted by molar-refractivity contribution is 0.653. The van der Waals surface area contributed by atoms with E-state index in [2.05, 4.69) is 22.4 Å². The summed E-state index contributed by atoms with van der Waals surface area (Å²) in [5.41, 5.74) is 0.544. The fourth-order valence-corrected chi connectivity index (χ4v) is 2.63. The molecule has 1 aliphatic carbocycles. The van der Waals surface area contributed by atoms with Gasteiger partial charge in [-0.1, -0.05) is 30.3 Å². The van der Waals surface area contributed by atoms with Gasteiger partial charge in [0, 0.05) is 12.6 Å². The lowest BCUT2D eigenvalue weighted by Crippen LogP contribution is -2.34. The minimum Gasteiger partial charge on any atom is -0.364 e. The second-order valence-electron chi connectivity index (χ2n) is 5.44. The molecular weight excluding hydrogens is 266 g/mol. The van der Waals surface area contributed by atoms with Crippen molar-refractivity contribution in [3.05, 3.63) is 62.8 Å². The second-order valence-corrected chi connectivity index (χ2v) is 5.44. The van der Waals surface area contributed by atoms with Crippen LogP contribution in [0, 0.1) is 5.92 Å². The van der Waals surface area contributed by atoms with Crippen molar-refractivity contribution in [1.29, 1.82) is 0 Å². The van der Waals surface area contributed by atoms with Crippen molar-refractivity contribution < 1.29 is 0 Å². The molecule has 1 aliphatic rings. The van der Waals surface area contributed by atoms with E-state index >= 15 is 0 Å². The summed E-state index contributed by atoms with van der Waals surface area (Å²) in [6.07, 6.45) is 2.34. The highest BCUT2D eigenvalue weighted by Gasteiger charge is 2.32. The summed E-state index contributed by atoms with van der Waals surface area (Å²) in [6, 6.07) is 11.7. The summed E-state index contributed by atoms with van der Waals surface area (Å²) in [5, 5.41) is 3.32. The molecule has 0 amide bonds. The second kappa shape index (κ2) is 5.60. The Bertz CT molecular complexity index is 698. The number of rotatable bonds is 5. The van der Waals surface area contributed by atoms with Crippen molar-refractivity contribution in [3.63, 3.8) is 0 Å². The van der Waals surface area contributed by atoms with Crippen molar-refractivity contribution in [2.24, 2.45) is 5.92 Å². The van der Waals surface area contributed by atoms with Crippen molar-refractivity contribution in [2.75, 3.05) is 5.32 Å². The van der Waals surface area contributed by atoms with Crippen LogP contribution < -0.4 is 16.6 Å². The Labute approximate surface area is 122 Å². The van der Waals surface area contributed by atoms with Gasteiger partial charge in [-0.25, -0.2) is 4.79 Å². The summed E-state index contributed by atoms with van der Waals surface area (Å²) in [4.78, 5) is 26.5. The summed E-state index contributed by atoms with van der Waals surface area (Å²) in [6.45, 7) is 2.15. The summed E-state index contributed by atoms with van der Waals surface area (Å²) in [7, 11) is 0. The van der Waals surface area contributed by atoms with E-state index in [4.69, 9.17) is 0 Å². The molecule has 0 radical (unpaired) electrons. The first kappa shape index (κ1) is 13.7. The van der Waals surface area contributed by atoms with E-state index in [0.717, 1.165) is 0 Å². The maximum atomic E-state index is 11.9. The molecule has 0 spiro atoms. The highest BCUT2D eigenvalue weighted by atomic mass is 16.2. The minimum atomic E-state index is -0.366. The number of anilines is 1. The molecule has 2 N–H and O–H groups in total. The molecular formula is C16H19N3O2. The maximum absolute atomic E-state index is 11.9. The summed E-state index contributed by atoms with van der Waals surface area (Å²) >= 11 is 0. The molecule has 21 heavy (non-hydrogen) atoms. The van der Waals surface area contributed by atoms with Crippen LogP contribution in [0.4, 0.5) is 5.82 Å². The minimum absolute atomic E-state index is 0.138. The molecule has 1 fully saturated rings. The van der Waals surface area contributed by atoms with Gasteiger partial charge in [0.1, 0.15) is 5.82 Å². The first-order chi connectivity index (χ1) is 10.2. The van der Waals surface area contributed by atoms with Gasteiger partial charge >= 0.3 is 5.69 Å². The Morgan fingerprint density at radius 3 is 2.57 bits per heavy atom. The van der Waals surface area contributed by atoms with E-state index in [1.807, 2.05) is 18.2 Å². The lowest BCUT2D eigenvalue weighted by atomic mass is 10.0. The fourth-order valence-electron chi connectivity index (χ4n) is 2.63. The fraction of sp³-hybridized carbons (Fsp3) is 0.375. The number of hydrogen-bond donors (Lipinski definition) is 2. The molecule has 2 aromatic rings. The highest BCUT2D eigenvalue weighted by Crippen LogP contribution is 2.42. The number of nitrogens with one attached hydrogen (secondary N) is 2. The van der Waals surface area contributed by atoms with Crippen molar-refractivity contribution >= 4 is 5.82 Å². The number of nitrogens with zero attached hydrogens (tertiary/aromatic N) is 1. The molecule has 0 saturated heterocycles. The zero-order valence-electron chi connectivity index (χ0n) is 12.0. The van der Waals surface area contributed by atoms with E-state index in [9.17, 15) is 9.59 Å². The largest absolute Gasteiger partial charge is 0.364 e. The van der Waals surface area contributed by atoms with Crippen molar-refractivity contribution in [1.82, 2.24) is 9.55 Å². The summed E-state index contributed by atoms with van der Waals surface area (Å²) < 4.78 is 1.18. The molecule has 1 aromatic carbocycles. The third-order valence-corrected chi connectivity index (χ3v) is 3.90. The van der Waals surface area contributed by atoms with Crippen LogP contribution in [0.25, 0.3) is 0 Å². The van der Waals surface area contributed by atoms with Gasteiger partial charge in [-0.05, 0) is 31.2 Å². The Hall–Kier alpha value is -2.30. The van der Waals surface area contributed by atoms with Gasteiger partial charge < -0.3 is 5.32 Å². The van der Waals surface area contributed by atoms with Gasteiger partial charge in [0.15, 0.2) is 0 Å². The van der Waals surface area contributed by atoms with Crippen molar-refractivity contribution in [2.45, 2.75) is 32.4 Å². The highest BCUT2D eigenvalue weighted by molar-refractivity contribution is 5.38. The number of aromatic nitrogens is 2.